The topological polar surface area (TPSA) is 47.3 Å². The number of nitrogens with two attached hydrogens (primary N) is 1. The average molecular weight is 260 g/mol. The highest BCUT2D eigenvalue weighted by molar-refractivity contribution is 5.76. The molecule has 0 unspecified atom stereocenters. The molecule has 2 rings (SSSR count). The second kappa shape index (κ2) is 5.18. The van der Waals surface area contributed by atoms with Crippen molar-refractivity contribution in [2.24, 2.45) is 0 Å². The minimum absolute atomic E-state index is 0.101. The van der Waals surface area contributed by atoms with Crippen LogP contribution in [0, 0.1) is 19.7 Å². The molecule has 0 aliphatic heterocycles. The highest BCUT2D eigenvalue weighted by Gasteiger charge is 2.10. The van der Waals surface area contributed by atoms with Gasteiger partial charge in [-0.1, -0.05) is 12.1 Å². The summed E-state index contributed by atoms with van der Waals surface area (Å²) in [5, 5.41) is 3.12. The average Bonchev–Trinajstić information content (AvgIpc) is 2.34. The van der Waals surface area contributed by atoms with Crippen LogP contribution in [0.2, 0.25) is 0 Å². The molecular weight excluding hydrogens is 243 g/mol. The molecule has 3 N–H and O–H groups in total. The van der Waals surface area contributed by atoms with Crippen molar-refractivity contribution in [3.05, 3.63) is 47.3 Å². The summed E-state index contributed by atoms with van der Waals surface area (Å²) in [4.78, 5) is 0. The molecule has 0 fully saturated rings. The number of ether oxygens (including phenoxy) is 1. The van der Waals surface area contributed by atoms with Crippen LogP contribution in [-0.2, 0) is 0 Å². The lowest BCUT2D eigenvalue weighted by Crippen LogP contribution is -2.01. The standard InChI is InChI=1S/C15H17FN2O/c1-9-7-10(2)15(19-3)13(8-9)18-12-6-4-5-11(16)14(12)17/h4-8,18H,17H2,1-3H3. The van der Waals surface area contributed by atoms with E-state index >= 15 is 0 Å². The molecular formula is C15H17FN2O. The monoisotopic (exact) mass is 260 g/mol. The van der Waals surface area contributed by atoms with E-state index < -0.39 is 5.82 Å². The molecule has 2 aromatic rings. The molecule has 0 saturated carbocycles. The lowest BCUT2D eigenvalue weighted by Gasteiger charge is -2.16. The minimum atomic E-state index is -0.437. The predicted molar refractivity (Wildman–Crippen MR) is 76.6 cm³/mol. The van der Waals surface area contributed by atoms with Gasteiger partial charge in [-0.2, -0.15) is 0 Å². The summed E-state index contributed by atoms with van der Waals surface area (Å²) in [5.41, 5.74) is 9.23. The quantitative estimate of drug-likeness (QED) is 0.826. The van der Waals surface area contributed by atoms with Crippen molar-refractivity contribution >= 4 is 17.1 Å². The number of hydrogen-bond acceptors (Lipinski definition) is 3. The van der Waals surface area contributed by atoms with Gasteiger partial charge >= 0.3 is 0 Å². The molecule has 4 heteroatoms. The van der Waals surface area contributed by atoms with Crippen molar-refractivity contribution in [1.82, 2.24) is 0 Å². The van der Waals surface area contributed by atoms with Crippen molar-refractivity contribution in [3.63, 3.8) is 0 Å². The van der Waals surface area contributed by atoms with Crippen LogP contribution in [0.4, 0.5) is 21.5 Å². The third-order valence-electron chi connectivity index (χ3n) is 2.95. The van der Waals surface area contributed by atoms with Gasteiger partial charge in [-0.3, -0.25) is 0 Å². The second-order valence-electron chi connectivity index (χ2n) is 4.49. The number of aryl methyl sites for hydroxylation is 2. The van der Waals surface area contributed by atoms with Crippen LogP contribution in [0.25, 0.3) is 0 Å². The SMILES string of the molecule is COc1c(C)cc(C)cc1Nc1cccc(F)c1N. The van der Waals surface area contributed by atoms with E-state index in [1.807, 2.05) is 26.0 Å². The van der Waals surface area contributed by atoms with E-state index in [0.29, 0.717) is 5.69 Å². The summed E-state index contributed by atoms with van der Waals surface area (Å²) in [5.74, 6) is 0.294. The van der Waals surface area contributed by atoms with E-state index in [1.54, 1.807) is 19.2 Å². The molecule has 0 saturated heterocycles. The van der Waals surface area contributed by atoms with Gasteiger partial charge in [0.1, 0.15) is 11.6 Å². The normalized spacial score (nSPS) is 10.3. The number of benzene rings is 2. The fourth-order valence-corrected chi connectivity index (χ4v) is 2.11. The van der Waals surface area contributed by atoms with E-state index in [-0.39, 0.29) is 5.69 Å². The number of methoxy groups -OCH3 is 1. The number of anilines is 3. The number of nitrogens with one attached hydrogen (secondary N) is 1. The van der Waals surface area contributed by atoms with Crippen molar-refractivity contribution < 1.29 is 9.13 Å². The van der Waals surface area contributed by atoms with Crippen LogP contribution < -0.4 is 15.8 Å². The van der Waals surface area contributed by atoms with Gasteiger partial charge in [0.2, 0.25) is 0 Å². The number of nitrogen functional groups attached to an aromatic ring is 1. The third kappa shape index (κ3) is 2.62. The second-order valence-corrected chi connectivity index (χ2v) is 4.49. The van der Waals surface area contributed by atoms with Crippen molar-refractivity contribution in [1.29, 1.82) is 0 Å². The Morgan fingerprint density at radius 3 is 2.58 bits per heavy atom. The van der Waals surface area contributed by atoms with Gasteiger partial charge < -0.3 is 15.8 Å². The van der Waals surface area contributed by atoms with Gasteiger partial charge in [0.25, 0.3) is 0 Å². The van der Waals surface area contributed by atoms with E-state index in [4.69, 9.17) is 10.5 Å². The molecule has 0 aliphatic carbocycles. The summed E-state index contributed by atoms with van der Waals surface area (Å²) in [7, 11) is 1.61. The van der Waals surface area contributed by atoms with E-state index in [2.05, 4.69) is 5.32 Å². The van der Waals surface area contributed by atoms with E-state index in [9.17, 15) is 4.39 Å². The Labute approximate surface area is 112 Å². The number of para-hydroxylation sites is 1. The van der Waals surface area contributed by atoms with Crippen LogP contribution in [0.5, 0.6) is 5.75 Å². The van der Waals surface area contributed by atoms with Gasteiger partial charge in [-0.25, -0.2) is 4.39 Å². The van der Waals surface area contributed by atoms with E-state index in [1.165, 1.54) is 6.07 Å². The summed E-state index contributed by atoms with van der Waals surface area (Å²) in [6.07, 6.45) is 0. The largest absolute Gasteiger partial charge is 0.494 e. The first-order valence-electron chi connectivity index (χ1n) is 5.99. The van der Waals surface area contributed by atoms with Crippen LogP contribution in [-0.4, -0.2) is 7.11 Å². The molecule has 0 atom stereocenters. The number of hydrogen-bond donors (Lipinski definition) is 2. The Hall–Kier alpha value is -2.23. The molecule has 2 aromatic carbocycles. The van der Waals surface area contributed by atoms with Crippen LogP contribution in [0.3, 0.4) is 0 Å². The summed E-state index contributed by atoms with van der Waals surface area (Å²) >= 11 is 0. The molecule has 0 aliphatic rings. The maximum absolute atomic E-state index is 13.4. The zero-order valence-electron chi connectivity index (χ0n) is 11.3. The molecule has 0 spiro atoms. The lowest BCUT2D eigenvalue weighted by molar-refractivity contribution is 0.413. The van der Waals surface area contributed by atoms with Crippen LogP contribution >= 0.6 is 0 Å². The first-order valence-corrected chi connectivity index (χ1v) is 5.99. The fourth-order valence-electron chi connectivity index (χ4n) is 2.11. The Morgan fingerprint density at radius 1 is 1.16 bits per heavy atom. The molecule has 0 radical (unpaired) electrons. The Balaban J connectivity index is 2.46. The summed E-state index contributed by atoms with van der Waals surface area (Å²) < 4.78 is 18.8. The van der Waals surface area contributed by atoms with E-state index in [0.717, 1.165) is 22.6 Å². The first-order chi connectivity index (χ1) is 9.02. The number of rotatable bonds is 3. The highest BCUT2D eigenvalue weighted by atomic mass is 19.1. The molecule has 0 bridgehead atoms. The molecule has 0 aromatic heterocycles. The molecule has 0 amide bonds. The van der Waals surface area contributed by atoms with Crippen LogP contribution in [0.1, 0.15) is 11.1 Å². The van der Waals surface area contributed by atoms with Crippen molar-refractivity contribution in [2.45, 2.75) is 13.8 Å². The van der Waals surface area contributed by atoms with Gasteiger partial charge in [0.15, 0.2) is 0 Å². The van der Waals surface area contributed by atoms with Gasteiger partial charge in [0.05, 0.1) is 24.2 Å². The Morgan fingerprint density at radius 2 is 1.89 bits per heavy atom. The van der Waals surface area contributed by atoms with Crippen molar-refractivity contribution in [3.8, 4) is 5.75 Å². The van der Waals surface area contributed by atoms with Crippen molar-refractivity contribution in [2.75, 3.05) is 18.2 Å². The summed E-state index contributed by atoms with van der Waals surface area (Å²) in [6, 6.07) is 8.65. The van der Waals surface area contributed by atoms with Crippen LogP contribution in [0.15, 0.2) is 30.3 Å². The first kappa shape index (κ1) is 13.2. The van der Waals surface area contributed by atoms with Gasteiger partial charge in [-0.15, -0.1) is 0 Å². The predicted octanol–water partition coefficient (Wildman–Crippen LogP) is 3.78. The highest BCUT2D eigenvalue weighted by Crippen LogP contribution is 2.34. The molecule has 19 heavy (non-hydrogen) atoms. The maximum atomic E-state index is 13.4. The number of halogens is 1. The summed E-state index contributed by atoms with van der Waals surface area (Å²) in [6.45, 7) is 3.96. The minimum Gasteiger partial charge on any atom is -0.494 e. The van der Waals surface area contributed by atoms with Gasteiger partial charge in [0, 0.05) is 0 Å². The van der Waals surface area contributed by atoms with Gasteiger partial charge in [-0.05, 0) is 43.2 Å². The Kier molecular flexibility index (Phi) is 3.60. The Bertz CT molecular complexity index is 611. The smallest absolute Gasteiger partial charge is 0.148 e. The third-order valence-corrected chi connectivity index (χ3v) is 2.95. The fraction of sp³-hybridized carbons (Fsp3) is 0.200. The zero-order chi connectivity index (χ0) is 14.0. The molecule has 100 valence electrons. The molecule has 0 heterocycles. The molecule has 3 nitrogen and oxygen atoms in total. The lowest BCUT2D eigenvalue weighted by atomic mass is 10.1. The zero-order valence-corrected chi connectivity index (χ0v) is 11.3. The maximum Gasteiger partial charge on any atom is 0.148 e.